The number of ether oxygens (including phenoxy) is 1. The largest absolute Gasteiger partial charge is 0.497 e. The highest BCUT2D eigenvalue weighted by Crippen LogP contribution is 2.15. The van der Waals surface area contributed by atoms with Crippen molar-refractivity contribution in [3.63, 3.8) is 0 Å². The highest BCUT2D eigenvalue weighted by Gasteiger charge is 2.07. The van der Waals surface area contributed by atoms with Crippen LogP contribution in [0.4, 0.5) is 11.4 Å². The van der Waals surface area contributed by atoms with Crippen LogP contribution in [-0.2, 0) is 9.59 Å². The van der Waals surface area contributed by atoms with Crippen LogP contribution >= 0.6 is 36.2 Å². The minimum Gasteiger partial charge on any atom is -0.497 e. The van der Waals surface area contributed by atoms with Crippen molar-refractivity contribution in [2.45, 2.75) is 0 Å². The number of hydrogen-bond acceptors (Lipinski definition) is 6. The number of amides is 2. The fourth-order valence-corrected chi connectivity index (χ4v) is 3.02. The summed E-state index contributed by atoms with van der Waals surface area (Å²) >= 11 is 11.2. The van der Waals surface area contributed by atoms with E-state index in [9.17, 15) is 9.59 Å². The summed E-state index contributed by atoms with van der Waals surface area (Å²) < 4.78 is 5.06. The van der Waals surface area contributed by atoms with Gasteiger partial charge in [0, 0.05) is 16.7 Å². The molecule has 2 rings (SSSR count). The average Bonchev–Trinajstić information content (AvgIpc) is 2.73. The van der Waals surface area contributed by atoms with E-state index in [1.54, 1.807) is 36.7 Å². The van der Waals surface area contributed by atoms with Gasteiger partial charge in [-0.2, -0.15) is 0 Å². The number of hydrazine groups is 1. The zero-order valence-electron chi connectivity index (χ0n) is 15.6. The fraction of sp³-hybridized carbons (Fsp3) is 0.158. The molecule has 0 radical (unpaired) electrons. The third-order valence-electron chi connectivity index (χ3n) is 3.46. The Morgan fingerprint density at radius 1 is 0.931 bits per heavy atom. The van der Waals surface area contributed by atoms with Crippen LogP contribution in [0.5, 0.6) is 5.75 Å². The van der Waals surface area contributed by atoms with Gasteiger partial charge in [0.1, 0.15) is 5.75 Å². The zero-order valence-corrected chi connectivity index (χ0v) is 18.0. The van der Waals surface area contributed by atoms with E-state index in [-0.39, 0.29) is 28.4 Å². The summed E-state index contributed by atoms with van der Waals surface area (Å²) in [7, 11) is 1.58. The number of nitrogens with one attached hydrogen (secondary N) is 4. The first-order chi connectivity index (χ1) is 14.0. The molecule has 0 saturated heterocycles. The Morgan fingerprint density at radius 2 is 1.52 bits per heavy atom. The van der Waals surface area contributed by atoms with Crippen LogP contribution in [0, 0.1) is 0 Å². The number of thiocarbonyl (C=S) groups is 2. The maximum Gasteiger partial charge on any atom is 0.248 e. The molecular weight excluding hydrogens is 428 g/mol. The molecule has 0 aromatic heterocycles. The van der Waals surface area contributed by atoms with Gasteiger partial charge in [0.2, 0.25) is 11.8 Å². The third-order valence-corrected chi connectivity index (χ3v) is 4.87. The van der Waals surface area contributed by atoms with E-state index in [4.69, 9.17) is 29.2 Å². The molecule has 7 nitrogen and oxygen atoms in total. The van der Waals surface area contributed by atoms with E-state index < -0.39 is 0 Å². The van der Waals surface area contributed by atoms with Crippen molar-refractivity contribution in [1.29, 1.82) is 0 Å². The lowest BCUT2D eigenvalue weighted by Gasteiger charge is -2.11. The van der Waals surface area contributed by atoms with Crippen LogP contribution in [0.3, 0.4) is 0 Å². The molecule has 0 aliphatic heterocycles. The minimum absolute atomic E-state index is 0.106. The summed E-state index contributed by atoms with van der Waals surface area (Å²) in [6, 6.07) is 14.4. The van der Waals surface area contributed by atoms with Gasteiger partial charge in [0.05, 0.1) is 18.6 Å². The van der Waals surface area contributed by atoms with Crippen molar-refractivity contribution >= 4 is 69.9 Å². The van der Waals surface area contributed by atoms with Crippen molar-refractivity contribution in [1.82, 2.24) is 10.9 Å². The molecule has 0 atom stereocenters. The lowest BCUT2D eigenvalue weighted by atomic mass is 10.2. The second kappa shape index (κ2) is 12.0. The van der Waals surface area contributed by atoms with E-state index in [1.807, 2.05) is 24.3 Å². The van der Waals surface area contributed by atoms with Gasteiger partial charge >= 0.3 is 0 Å². The van der Waals surface area contributed by atoms with Gasteiger partial charge in [-0.3, -0.25) is 20.4 Å². The molecular formula is C19H20N4O3S3. The number of carbonyl (C=O) groups is 2. The Kier molecular flexibility index (Phi) is 9.35. The van der Waals surface area contributed by atoms with Gasteiger partial charge in [-0.05, 0) is 54.2 Å². The number of benzene rings is 2. The summed E-state index contributed by atoms with van der Waals surface area (Å²) in [5.41, 5.74) is 7.45. The van der Waals surface area contributed by atoms with Crippen molar-refractivity contribution in [3.05, 3.63) is 54.1 Å². The Labute approximate surface area is 183 Å². The van der Waals surface area contributed by atoms with Crippen LogP contribution in [0.15, 0.2) is 48.5 Å². The lowest BCUT2D eigenvalue weighted by molar-refractivity contribution is -0.119. The number of hydrogen-bond donors (Lipinski definition) is 4. The summed E-state index contributed by atoms with van der Waals surface area (Å²) in [6.45, 7) is 0. The second-order valence-corrected chi connectivity index (χ2v) is 7.27. The fourth-order valence-electron chi connectivity index (χ4n) is 2.08. The molecule has 0 aliphatic carbocycles. The molecule has 0 spiro atoms. The number of carbonyl (C=O) groups excluding carboxylic acids is 2. The molecule has 2 amide bonds. The molecule has 2 aromatic carbocycles. The summed E-state index contributed by atoms with van der Waals surface area (Å²) in [4.78, 5) is 23.8. The van der Waals surface area contributed by atoms with E-state index in [1.165, 1.54) is 11.8 Å². The number of rotatable bonds is 8. The van der Waals surface area contributed by atoms with Gasteiger partial charge in [-0.25, -0.2) is 0 Å². The van der Waals surface area contributed by atoms with Gasteiger partial charge in [-0.1, -0.05) is 24.4 Å². The molecule has 0 aliphatic rings. The molecule has 10 heteroatoms. The highest BCUT2D eigenvalue weighted by atomic mass is 32.2. The first kappa shape index (κ1) is 22.6. The molecule has 0 bridgehead atoms. The predicted octanol–water partition coefficient (Wildman–Crippen LogP) is 2.73. The quantitative estimate of drug-likeness (QED) is 0.362. The summed E-state index contributed by atoms with van der Waals surface area (Å²) in [5.74, 6) is 0.467. The van der Waals surface area contributed by atoms with Crippen LogP contribution in [0.2, 0.25) is 0 Å². The van der Waals surface area contributed by atoms with E-state index >= 15 is 0 Å². The number of anilines is 2. The molecule has 0 saturated carbocycles. The summed E-state index contributed by atoms with van der Waals surface area (Å²) in [6.07, 6.45) is 0. The lowest BCUT2D eigenvalue weighted by Crippen LogP contribution is -2.44. The molecule has 4 N–H and O–H groups in total. The zero-order chi connectivity index (χ0) is 21.1. The molecule has 29 heavy (non-hydrogen) atoms. The van der Waals surface area contributed by atoms with E-state index in [2.05, 4.69) is 21.5 Å². The molecule has 2 aromatic rings. The standard InChI is InChI=1S/C19H20N4O3S3/c1-26-16-8-6-14(7-9-16)20-17(24)11-29-12-18(25)22-23-19(28)21-15-4-2-13(10-27)3-5-15/h2-10H,11-12H2,1H3,(H,20,24)(H,22,25)(H2,21,23,28). The third kappa shape index (κ3) is 8.46. The first-order valence-electron chi connectivity index (χ1n) is 8.43. The van der Waals surface area contributed by atoms with Gasteiger partial charge in [-0.15, -0.1) is 11.8 Å². The predicted molar refractivity (Wildman–Crippen MR) is 126 cm³/mol. The van der Waals surface area contributed by atoms with Crippen LogP contribution in [-0.4, -0.2) is 40.9 Å². The van der Waals surface area contributed by atoms with Crippen molar-refractivity contribution in [3.8, 4) is 5.75 Å². The second-order valence-electron chi connectivity index (χ2n) is 5.64. The van der Waals surface area contributed by atoms with Crippen molar-refractivity contribution < 1.29 is 14.3 Å². The average molecular weight is 449 g/mol. The first-order valence-corrected chi connectivity index (χ1v) is 10.5. The van der Waals surface area contributed by atoms with E-state index in [0.717, 1.165) is 11.3 Å². The maximum absolute atomic E-state index is 11.9. The molecule has 0 fully saturated rings. The summed E-state index contributed by atoms with van der Waals surface area (Å²) in [5, 5.41) is 7.51. The topological polar surface area (TPSA) is 91.5 Å². The number of thioether (sulfide) groups is 1. The van der Waals surface area contributed by atoms with Crippen molar-refractivity contribution in [2.75, 3.05) is 29.2 Å². The van der Waals surface area contributed by atoms with Crippen LogP contribution < -0.4 is 26.2 Å². The van der Waals surface area contributed by atoms with Gasteiger partial charge in [0.15, 0.2) is 5.11 Å². The highest BCUT2D eigenvalue weighted by molar-refractivity contribution is 8.00. The van der Waals surface area contributed by atoms with Gasteiger partial charge in [0.25, 0.3) is 0 Å². The van der Waals surface area contributed by atoms with Crippen LogP contribution in [0.1, 0.15) is 5.56 Å². The monoisotopic (exact) mass is 448 g/mol. The number of methoxy groups -OCH3 is 1. The van der Waals surface area contributed by atoms with E-state index in [0.29, 0.717) is 11.4 Å². The normalized spacial score (nSPS) is 9.83. The van der Waals surface area contributed by atoms with Gasteiger partial charge < -0.3 is 15.4 Å². The Balaban J connectivity index is 1.62. The Morgan fingerprint density at radius 3 is 2.14 bits per heavy atom. The smallest absolute Gasteiger partial charge is 0.248 e. The molecule has 152 valence electrons. The Hall–Kier alpha value is -2.69. The minimum atomic E-state index is -0.299. The molecule has 0 heterocycles. The maximum atomic E-state index is 11.9. The SMILES string of the molecule is COc1ccc(NC(=O)CSCC(=O)NNC(=S)Nc2ccc(C=S)cc2)cc1. The van der Waals surface area contributed by atoms with Crippen molar-refractivity contribution in [2.24, 2.45) is 0 Å². The Bertz CT molecular complexity index is 858. The van der Waals surface area contributed by atoms with Crippen LogP contribution in [0.25, 0.3) is 0 Å². The molecule has 0 unspecified atom stereocenters.